The van der Waals surface area contributed by atoms with Gasteiger partial charge < -0.3 is 15.4 Å². The van der Waals surface area contributed by atoms with Crippen LogP contribution >= 0.6 is 0 Å². The molecule has 0 radical (unpaired) electrons. The number of nitrogens with zero attached hydrogens (tertiary/aromatic N) is 1. The molecule has 3 saturated heterocycles. The Labute approximate surface area is 170 Å². The van der Waals surface area contributed by atoms with E-state index >= 15 is 0 Å². The summed E-state index contributed by atoms with van der Waals surface area (Å²) in [4.78, 5) is 4.35. The van der Waals surface area contributed by atoms with E-state index in [2.05, 4.69) is 26.5 Å². The van der Waals surface area contributed by atoms with Crippen molar-refractivity contribution in [1.29, 1.82) is 0 Å². The molecule has 0 aliphatic carbocycles. The predicted octanol–water partition coefficient (Wildman–Crippen LogP) is 2.08. The van der Waals surface area contributed by atoms with Gasteiger partial charge in [-0.3, -0.25) is 10.4 Å². The standard InChI is InChI=1S/C22H28FN5O/c23-18-4-2-1-3-15(18)22-16-9-19(26-12-20(16)27-28-22)17-11-25-8-6-21(17)29-13-14-5-7-24-10-14/h1-4,6,8,11,14,16,19-20,22,24,26-28H,5,7,9-10,12-13H2/t14-,16?,19?,20?,22?/m0/s1. The first-order valence-corrected chi connectivity index (χ1v) is 10.6. The van der Waals surface area contributed by atoms with Crippen molar-refractivity contribution in [3.05, 3.63) is 59.7 Å². The van der Waals surface area contributed by atoms with Crippen LogP contribution in [0.3, 0.4) is 0 Å². The molecule has 0 spiro atoms. The summed E-state index contributed by atoms with van der Waals surface area (Å²) in [5.74, 6) is 1.60. The van der Waals surface area contributed by atoms with Crippen LogP contribution < -0.4 is 26.2 Å². The summed E-state index contributed by atoms with van der Waals surface area (Å²) in [5, 5.41) is 7.02. The van der Waals surface area contributed by atoms with E-state index in [9.17, 15) is 4.39 Å². The van der Waals surface area contributed by atoms with Gasteiger partial charge in [-0.1, -0.05) is 18.2 Å². The van der Waals surface area contributed by atoms with Crippen molar-refractivity contribution in [2.45, 2.75) is 31.0 Å². The van der Waals surface area contributed by atoms with Crippen LogP contribution in [-0.2, 0) is 0 Å². The molecule has 1 aromatic carbocycles. The van der Waals surface area contributed by atoms with Crippen LogP contribution in [0.4, 0.5) is 4.39 Å². The van der Waals surface area contributed by atoms with Gasteiger partial charge in [-0.15, -0.1) is 0 Å². The maximum absolute atomic E-state index is 14.4. The summed E-state index contributed by atoms with van der Waals surface area (Å²) >= 11 is 0. The van der Waals surface area contributed by atoms with Crippen molar-refractivity contribution < 1.29 is 9.13 Å². The Bertz CT molecular complexity index is 843. The Kier molecular flexibility index (Phi) is 5.46. The molecule has 3 aliphatic heterocycles. The molecule has 2 aromatic rings. The maximum Gasteiger partial charge on any atom is 0.128 e. The number of pyridine rings is 1. The number of aromatic nitrogens is 1. The summed E-state index contributed by atoms with van der Waals surface area (Å²) in [6.07, 6.45) is 5.75. The lowest BCUT2D eigenvalue weighted by atomic mass is 9.80. The van der Waals surface area contributed by atoms with Gasteiger partial charge in [-0.25, -0.2) is 9.82 Å². The van der Waals surface area contributed by atoms with E-state index in [1.165, 1.54) is 6.07 Å². The molecule has 29 heavy (non-hydrogen) atoms. The molecule has 4 unspecified atom stereocenters. The molecule has 154 valence electrons. The van der Waals surface area contributed by atoms with Gasteiger partial charge >= 0.3 is 0 Å². The maximum atomic E-state index is 14.4. The highest BCUT2D eigenvalue weighted by Gasteiger charge is 2.42. The summed E-state index contributed by atoms with van der Waals surface area (Å²) in [7, 11) is 0. The molecule has 0 saturated carbocycles. The van der Waals surface area contributed by atoms with Gasteiger partial charge in [0.15, 0.2) is 0 Å². The number of ether oxygens (including phenoxy) is 1. The normalized spacial score (nSPS) is 31.6. The molecule has 7 heteroatoms. The van der Waals surface area contributed by atoms with Gasteiger partial charge in [-0.2, -0.15) is 0 Å². The fraction of sp³-hybridized carbons (Fsp3) is 0.500. The molecule has 4 N–H and O–H groups in total. The van der Waals surface area contributed by atoms with E-state index in [4.69, 9.17) is 4.74 Å². The van der Waals surface area contributed by atoms with Crippen molar-refractivity contribution >= 4 is 0 Å². The Balaban J connectivity index is 1.33. The number of hydrogen-bond donors (Lipinski definition) is 4. The molecule has 5 rings (SSSR count). The van der Waals surface area contributed by atoms with Gasteiger partial charge in [0.05, 0.1) is 12.6 Å². The zero-order valence-corrected chi connectivity index (χ0v) is 16.4. The topological polar surface area (TPSA) is 70.2 Å². The molecule has 3 aliphatic rings. The van der Waals surface area contributed by atoms with Crippen LogP contribution in [0.15, 0.2) is 42.7 Å². The monoisotopic (exact) mass is 397 g/mol. The Morgan fingerprint density at radius 2 is 2.03 bits per heavy atom. The van der Waals surface area contributed by atoms with Crippen molar-refractivity contribution in [2.75, 3.05) is 26.2 Å². The van der Waals surface area contributed by atoms with Crippen molar-refractivity contribution in [1.82, 2.24) is 26.5 Å². The molecule has 1 aromatic heterocycles. The number of hydrogen-bond acceptors (Lipinski definition) is 6. The minimum atomic E-state index is -0.155. The van der Waals surface area contributed by atoms with Crippen LogP contribution in [-0.4, -0.2) is 37.3 Å². The smallest absolute Gasteiger partial charge is 0.128 e. The number of benzene rings is 1. The van der Waals surface area contributed by atoms with Gasteiger partial charge in [-0.05, 0) is 37.4 Å². The predicted molar refractivity (Wildman–Crippen MR) is 109 cm³/mol. The van der Waals surface area contributed by atoms with Crippen LogP contribution in [0.2, 0.25) is 0 Å². The van der Waals surface area contributed by atoms with Crippen molar-refractivity contribution in [3.63, 3.8) is 0 Å². The zero-order valence-electron chi connectivity index (χ0n) is 16.4. The van der Waals surface area contributed by atoms with E-state index in [1.54, 1.807) is 12.3 Å². The van der Waals surface area contributed by atoms with E-state index in [0.717, 1.165) is 56.0 Å². The summed E-state index contributed by atoms with van der Waals surface area (Å²) in [6.45, 7) is 3.63. The van der Waals surface area contributed by atoms with Gasteiger partial charge in [0.2, 0.25) is 0 Å². The minimum Gasteiger partial charge on any atom is -0.493 e. The SMILES string of the molecule is Fc1ccccc1C1NNC2CNC(c3cnccc3OC[C@H]3CCNC3)CC21. The summed E-state index contributed by atoms with van der Waals surface area (Å²) in [6, 6.07) is 9.37. The number of rotatable bonds is 5. The molecular weight excluding hydrogens is 369 g/mol. The molecule has 3 fully saturated rings. The fourth-order valence-electron chi connectivity index (χ4n) is 4.89. The van der Waals surface area contributed by atoms with Gasteiger partial charge in [0.25, 0.3) is 0 Å². The van der Waals surface area contributed by atoms with Crippen LogP contribution in [0, 0.1) is 17.7 Å². The Hall–Kier alpha value is -2.06. The number of halogens is 1. The zero-order chi connectivity index (χ0) is 19.6. The quantitative estimate of drug-likeness (QED) is 0.619. The first kappa shape index (κ1) is 18.9. The minimum absolute atomic E-state index is 0.0450. The van der Waals surface area contributed by atoms with Crippen LogP contribution in [0.25, 0.3) is 0 Å². The largest absolute Gasteiger partial charge is 0.493 e. The van der Waals surface area contributed by atoms with E-state index in [-0.39, 0.29) is 29.9 Å². The first-order chi connectivity index (χ1) is 14.3. The van der Waals surface area contributed by atoms with Crippen molar-refractivity contribution in [2.24, 2.45) is 11.8 Å². The average Bonchev–Trinajstić information content (AvgIpc) is 3.42. The van der Waals surface area contributed by atoms with E-state index in [0.29, 0.717) is 5.92 Å². The molecule has 0 amide bonds. The third-order valence-corrected chi connectivity index (χ3v) is 6.52. The van der Waals surface area contributed by atoms with E-state index < -0.39 is 0 Å². The Morgan fingerprint density at radius 1 is 1.10 bits per heavy atom. The van der Waals surface area contributed by atoms with Crippen LogP contribution in [0.1, 0.15) is 36.1 Å². The average molecular weight is 397 g/mol. The third-order valence-electron chi connectivity index (χ3n) is 6.52. The molecule has 5 atom stereocenters. The lowest BCUT2D eigenvalue weighted by Gasteiger charge is -2.35. The number of fused-ring (bicyclic) bond motifs is 1. The summed E-state index contributed by atoms with van der Waals surface area (Å²) < 4.78 is 20.6. The number of nitrogens with one attached hydrogen (secondary N) is 4. The Morgan fingerprint density at radius 3 is 2.90 bits per heavy atom. The second kappa shape index (κ2) is 8.36. The number of piperidine rings is 1. The molecule has 6 nitrogen and oxygen atoms in total. The highest BCUT2D eigenvalue weighted by molar-refractivity contribution is 5.34. The second-order valence-corrected chi connectivity index (χ2v) is 8.34. The van der Waals surface area contributed by atoms with E-state index in [1.807, 2.05) is 24.4 Å². The highest BCUT2D eigenvalue weighted by atomic mass is 19.1. The summed E-state index contributed by atoms with van der Waals surface area (Å²) in [5.41, 5.74) is 8.49. The molecular formula is C22H28FN5O. The lowest BCUT2D eigenvalue weighted by Crippen LogP contribution is -2.46. The third kappa shape index (κ3) is 3.88. The number of hydrazine groups is 1. The van der Waals surface area contributed by atoms with Gasteiger partial charge in [0, 0.05) is 54.6 Å². The highest BCUT2D eigenvalue weighted by Crippen LogP contribution is 2.40. The lowest BCUT2D eigenvalue weighted by molar-refractivity contribution is 0.238. The fourth-order valence-corrected chi connectivity index (χ4v) is 4.89. The molecule has 0 bridgehead atoms. The molecule has 4 heterocycles. The van der Waals surface area contributed by atoms with Gasteiger partial charge in [0.1, 0.15) is 11.6 Å². The second-order valence-electron chi connectivity index (χ2n) is 8.34. The van der Waals surface area contributed by atoms with Crippen molar-refractivity contribution in [3.8, 4) is 5.75 Å². The first-order valence-electron chi connectivity index (χ1n) is 10.6. The van der Waals surface area contributed by atoms with Crippen LogP contribution in [0.5, 0.6) is 5.75 Å².